The Morgan fingerprint density at radius 2 is 1.60 bits per heavy atom. The van der Waals surface area contributed by atoms with Crippen LogP contribution in [-0.2, 0) is 23.7 Å². The Hall–Kier alpha value is -2.35. The lowest BCUT2D eigenvalue weighted by Gasteiger charge is -2.26. The van der Waals surface area contributed by atoms with Gasteiger partial charge in [0.1, 0.15) is 16.9 Å². The summed E-state index contributed by atoms with van der Waals surface area (Å²) < 4.78 is 35.3. The summed E-state index contributed by atoms with van der Waals surface area (Å²) in [4.78, 5) is 7.08. The molecule has 5 rings (SSSR count). The number of anilines is 1. The zero-order valence-electron chi connectivity index (χ0n) is 22.8. The first-order chi connectivity index (χ1) is 19.7. The lowest BCUT2D eigenvalue weighted by molar-refractivity contribution is -0.0225. The second-order valence-electron chi connectivity index (χ2n) is 9.72. The number of benzene rings is 2. The van der Waals surface area contributed by atoms with E-state index in [1.807, 2.05) is 18.2 Å². The summed E-state index contributed by atoms with van der Waals surface area (Å²) in [5.74, 6) is 0.755. The van der Waals surface area contributed by atoms with Crippen LogP contribution in [0.15, 0.2) is 36.4 Å². The van der Waals surface area contributed by atoms with E-state index >= 15 is 0 Å². The van der Waals surface area contributed by atoms with Gasteiger partial charge in [-0.3, -0.25) is 0 Å². The average Bonchev–Trinajstić information content (AvgIpc) is 3.58. The normalized spacial score (nSPS) is 24.1. The number of aliphatic hydroxyl groups is 2. The number of rotatable bonds is 5. The fraction of sp³-hybridized carbons (Fsp3) is 0.552. The largest absolute Gasteiger partial charge is 0.495 e. The van der Waals surface area contributed by atoms with Gasteiger partial charge in [-0.15, -0.1) is 11.3 Å². The zero-order chi connectivity index (χ0) is 27.7. The molecule has 40 heavy (non-hydrogen) atoms. The molecule has 3 heterocycles. The third-order valence-electron chi connectivity index (χ3n) is 7.08. The first-order valence-corrected chi connectivity index (χ1v) is 14.6. The first-order valence-electron chi connectivity index (χ1n) is 13.8. The van der Waals surface area contributed by atoms with Crippen molar-refractivity contribution in [1.82, 2.24) is 4.98 Å². The van der Waals surface area contributed by atoms with E-state index in [-0.39, 0.29) is 12.7 Å². The van der Waals surface area contributed by atoms with Crippen molar-refractivity contribution in [3.05, 3.63) is 42.0 Å². The Labute approximate surface area is 238 Å². The highest BCUT2D eigenvalue weighted by Gasteiger charge is 2.34. The molecule has 2 N–H and O–H groups in total. The summed E-state index contributed by atoms with van der Waals surface area (Å²) in [5, 5.41) is 20.4. The molecule has 2 fully saturated rings. The predicted octanol–water partition coefficient (Wildman–Crippen LogP) is 3.04. The molecule has 3 atom stereocenters. The van der Waals surface area contributed by atoms with Crippen molar-refractivity contribution < 1.29 is 38.6 Å². The number of aliphatic hydroxyl groups excluding tert-OH is 2. The minimum Gasteiger partial charge on any atom is -0.495 e. The Balaban J connectivity index is 1.32. The van der Waals surface area contributed by atoms with E-state index in [0.29, 0.717) is 72.4 Å². The van der Waals surface area contributed by atoms with Crippen molar-refractivity contribution in [2.75, 3.05) is 84.6 Å². The molecule has 11 heteroatoms. The van der Waals surface area contributed by atoms with Gasteiger partial charge in [0.25, 0.3) is 0 Å². The van der Waals surface area contributed by atoms with Gasteiger partial charge < -0.3 is 43.5 Å². The van der Waals surface area contributed by atoms with E-state index < -0.39 is 12.2 Å². The van der Waals surface area contributed by atoms with Crippen LogP contribution in [0.3, 0.4) is 0 Å². The molecule has 0 aliphatic carbocycles. The van der Waals surface area contributed by atoms with Crippen LogP contribution in [0, 0.1) is 0 Å². The molecule has 3 aromatic rings. The Kier molecular flexibility index (Phi) is 10.6. The molecule has 0 saturated carbocycles. The zero-order valence-corrected chi connectivity index (χ0v) is 23.6. The molecule has 0 spiro atoms. The summed E-state index contributed by atoms with van der Waals surface area (Å²) in [7, 11) is 1.68. The van der Waals surface area contributed by atoms with E-state index in [4.69, 9.17) is 33.4 Å². The van der Waals surface area contributed by atoms with Gasteiger partial charge in [-0.2, -0.15) is 0 Å². The average molecular weight is 575 g/mol. The molecule has 10 nitrogen and oxygen atoms in total. The fourth-order valence-electron chi connectivity index (χ4n) is 4.91. The molecule has 2 aromatic carbocycles. The summed E-state index contributed by atoms with van der Waals surface area (Å²) in [6.07, 6.45) is -0.979. The monoisotopic (exact) mass is 574 g/mol. The SMILES string of the molecule is COc1cc(-c2nc3ccc([C@H]4C[C@H](O)[C@@H](CO)O4)cc3s2)ccc1N1CCOCCOCCOCCOCC1. The van der Waals surface area contributed by atoms with Gasteiger partial charge in [-0.1, -0.05) is 6.07 Å². The summed E-state index contributed by atoms with van der Waals surface area (Å²) in [6, 6.07) is 12.2. The molecular formula is C29H38N2O8S. The Bertz CT molecular complexity index is 1210. The van der Waals surface area contributed by atoms with Gasteiger partial charge in [0.05, 0.1) is 94.7 Å². The van der Waals surface area contributed by atoms with Gasteiger partial charge in [0.15, 0.2) is 0 Å². The quantitative estimate of drug-likeness (QED) is 0.472. The van der Waals surface area contributed by atoms with Crippen LogP contribution in [0.4, 0.5) is 5.69 Å². The highest BCUT2D eigenvalue weighted by Crippen LogP contribution is 2.39. The summed E-state index contributed by atoms with van der Waals surface area (Å²) >= 11 is 1.60. The van der Waals surface area contributed by atoms with Crippen molar-refractivity contribution in [3.8, 4) is 16.3 Å². The second kappa shape index (κ2) is 14.5. The minimum absolute atomic E-state index is 0.191. The molecule has 2 saturated heterocycles. The molecular weight excluding hydrogens is 536 g/mol. The van der Waals surface area contributed by atoms with Crippen molar-refractivity contribution >= 4 is 27.2 Å². The number of nitrogens with zero attached hydrogens (tertiary/aromatic N) is 2. The van der Waals surface area contributed by atoms with Gasteiger partial charge in [-0.05, 0) is 35.9 Å². The molecule has 0 amide bonds. The number of hydrogen-bond acceptors (Lipinski definition) is 11. The molecule has 0 bridgehead atoms. The smallest absolute Gasteiger partial charge is 0.142 e. The minimum atomic E-state index is -0.662. The highest BCUT2D eigenvalue weighted by molar-refractivity contribution is 7.21. The Morgan fingerprint density at radius 1 is 0.925 bits per heavy atom. The third-order valence-corrected chi connectivity index (χ3v) is 8.15. The van der Waals surface area contributed by atoms with Crippen molar-refractivity contribution in [2.45, 2.75) is 24.7 Å². The number of aromatic nitrogens is 1. The van der Waals surface area contributed by atoms with E-state index in [1.165, 1.54) is 0 Å². The van der Waals surface area contributed by atoms with Crippen LogP contribution in [0.5, 0.6) is 5.75 Å². The maximum absolute atomic E-state index is 10.1. The maximum atomic E-state index is 10.1. The van der Waals surface area contributed by atoms with Crippen LogP contribution < -0.4 is 9.64 Å². The highest BCUT2D eigenvalue weighted by atomic mass is 32.1. The van der Waals surface area contributed by atoms with Crippen LogP contribution in [0.2, 0.25) is 0 Å². The molecule has 2 aliphatic rings. The van der Waals surface area contributed by atoms with E-state index in [0.717, 1.165) is 37.8 Å². The number of hydrogen-bond donors (Lipinski definition) is 2. The molecule has 0 radical (unpaired) electrons. The van der Waals surface area contributed by atoms with Crippen LogP contribution in [0.1, 0.15) is 18.1 Å². The molecule has 1 aromatic heterocycles. The van der Waals surface area contributed by atoms with Gasteiger partial charge >= 0.3 is 0 Å². The standard InChI is InChI=1S/C29H38N2O8S/c1-34-26-16-21(3-5-23(26)31-6-8-35-10-12-37-14-15-38-13-11-36-9-7-31)29-30-22-4-2-20(17-28(22)40-29)25-18-24(33)27(19-32)39-25/h2-5,16-17,24-25,27,32-33H,6-15,18-19H2,1H3/t24-,25+,27+/m0/s1. The second-order valence-corrected chi connectivity index (χ2v) is 10.7. The fourth-order valence-corrected chi connectivity index (χ4v) is 5.92. The third kappa shape index (κ3) is 7.29. The topological polar surface area (TPSA) is 112 Å². The first kappa shape index (κ1) is 29.2. The maximum Gasteiger partial charge on any atom is 0.142 e. The summed E-state index contributed by atoms with van der Waals surface area (Å²) in [6.45, 7) is 5.58. The van der Waals surface area contributed by atoms with E-state index in [1.54, 1.807) is 18.4 Å². The van der Waals surface area contributed by atoms with Crippen molar-refractivity contribution in [1.29, 1.82) is 0 Å². The van der Waals surface area contributed by atoms with E-state index in [9.17, 15) is 10.2 Å². The van der Waals surface area contributed by atoms with Crippen LogP contribution in [-0.4, -0.2) is 107 Å². The number of ether oxygens (including phenoxy) is 6. The number of thiazole rings is 1. The van der Waals surface area contributed by atoms with Crippen LogP contribution >= 0.6 is 11.3 Å². The van der Waals surface area contributed by atoms with Crippen LogP contribution in [0.25, 0.3) is 20.8 Å². The number of fused-ring (bicyclic) bond motifs is 1. The lowest BCUT2D eigenvalue weighted by Crippen LogP contribution is -2.32. The summed E-state index contributed by atoms with van der Waals surface area (Å²) in [5.41, 5.74) is 3.81. The van der Waals surface area contributed by atoms with Gasteiger partial charge in [0.2, 0.25) is 0 Å². The van der Waals surface area contributed by atoms with Crippen molar-refractivity contribution in [3.63, 3.8) is 0 Å². The van der Waals surface area contributed by atoms with Crippen molar-refractivity contribution in [2.24, 2.45) is 0 Å². The van der Waals surface area contributed by atoms with Gasteiger partial charge in [-0.25, -0.2) is 4.98 Å². The Morgan fingerprint density at radius 3 is 2.23 bits per heavy atom. The molecule has 218 valence electrons. The van der Waals surface area contributed by atoms with E-state index in [2.05, 4.69) is 23.1 Å². The number of methoxy groups -OCH3 is 1. The predicted molar refractivity (Wildman–Crippen MR) is 152 cm³/mol. The van der Waals surface area contributed by atoms with Gasteiger partial charge in [0, 0.05) is 25.1 Å². The molecule has 0 unspecified atom stereocenters. The molecule has 2 aliphatic heterocycles. The lowest BCUT2D eigenvalue weighted by atomic mass is 10.0.